The lowest BCUT2D eigenvalue weighted by Gasteiger charge is -2.25. The topological polar surface area (TPSA) is 75.9 Å². The van der Waals surface area contributed by atoms with Crippen LogP contribution in [0.5, 0.6) is 0 Å². The number of hydrogen-bond donors (Lipinski definition) is 1. The van der Waals surface area contributed by atoms with Gasteiger partial charge < -0.3 is 5.32 Å². The number of para-hydroxylation sites is 1. The SMILES string of the molecule is CN1CC[C@H](C(=O)NCc2nnnn2-c2ccccc2)[C@@H]1c1ccccc1. The molecule has 7 heteroatoms. The molecule has 2 atom stereocenters. The van der Waals surface area contributed by atoms with Crippen LogP contribution in [0.15, 0.2) is 60.7 Å². The Hall–Kier alpha value is -3.06. The molecule has 4 rings (SSSR count). The number of aromatic nitrogens is 4. The first-order chi connectivity index (χ1) is 13.2. The van der Waals surface area contributed by atoms with Crippen molar-refractivity contribution in [3.63, 3.8) is 0 Å². The Morgan fingerprint density at radius 3 is 2.56 bits per heavy atom. The minimum atomic E-state index is -0.0848. The smallest absolute Gasteiger partial charge is 0.225 e. The number of nitrogens with one attached hydrogen (secondary N) is 1. The molecule has 2 heterocycles. The molecule has 1 fully saturated rings. The number of likely N-dealkylation sites (tertiary alicyclic amines) is 1. The summed E-state index contributed by atoms with van der Waals surface area (Å²) in [5, 5.41) is 14.9. The van der Waals surface area contributed by atoms with Crippen molar-refractivity contribution in [3.05, 3.63) is 72.1 Å². The van der Waals surface area contributed by atoms with Gasteiger partial charge in [0.2, 0.25) is 5.91 Å². The third-order valence-electron chi connectivity index (χ3n) is 5.08. The van der Waals surface area contributed by atoms with Gasteiger partial charge in [-0.15, -0.1) is 5.10 Å². The monoisotopic (exact) mass is 362 g/mol. The van der Waals surface area contributed by atoms with Crippen LogP contribution in [0.4, 0.5) is 0 Å². The number of benzene rings is 2. The summed E-state index contributed by atoms with van der Waals surface area (Å²) in [6, 6.07) is 20.0. The second kappa shape index (κ2) is 7.67. The molecule has 7 nitrogen and oxygen atoms in total. The molecule has 138 valence electrons. The summed E-state index contributed by atoms with van der Waals surface area (Å²) < 4.78 is 1.65. The van der Waals surface area contributed by atoms with Gasteiger partial charge in [-0.2, -0.15) is 4.68 Å². The van der Waals surface area contributed by atoms with Crippen molar-refractivity contribution in [2.75, 3.05) is 13.6 Å². The molecule has 1 N–H and O–H groups in total. The van der Waals surface area contributed by atoms with Crippen LogP contribution in [-0.4, -0.2) is 44.6 Å². The molecule has 1 aliphatic heterocycles. The third kappa shape index (κ3) is 3.59. The highest BCUT2D eigenvalue weighted by molar-refractivity contribution is 5.80. The molecular weight excluding hydrogens is 340 g/mol. The van der Waals surface area contributed by atoms with Crippen molar-refractivity contribution < 1.29 is 4.79 Å². The fourth-order valence-electron chi connectivity index (χ4n) is 3.74. The molecule has 0 aliphatic carbocycles. The Morgan fingerprint density at radius 2 is 1.81 bits per heavy atom. The lowest BCUT2D eigenvalue weighted by molar-refractivity contribution is -0.126. The van der Waals surface area contributed by atoms with E-state index < -0.39 is 0 Å². The van der Waals surface area contributed by atoms with Gasteiger partial charge in [0.15, 0.2) is 5.82 Å². The van der Waals surface area contributed by atoms with Crippen LogP contribution < -0.4 is 5.32 Å². The molecule has 1 amide bonds. The van der Waals surface area contributed by atoms with Gasteiger partial charge in [0.1, 0.15) is 0 Å². The lowest BCUT2D eigenvalue weighted by Crippen LogP contribution is -2.34. The van der Waals surface area contributed by atoms with Crippen LogP contribution in [0.25, 0.3) is 5.69 Å². The van der Waals surface area contributed by atoms with Crippen LogP contribution in [-0.2, 0) is 11.3 Å². The van der Waals surface area contributed by atoms with E-state index >= 15 is 0 Å². The molecule has 0 saturated carbocycles. The number of hydrogen-bond acceptors (Lipinski definition) is 5. The van der Waals surface area contributed by atoms with E-state index in [1.54, 1.807) is 4.68 Å². The second-order valence-corrected chi connectivity index (χ2v) is 6.79. The van der Waals surface area contributed by atoms with Gasteiger partial charge in [0, 0.05) is 6.04 Å². The van der Waals surface area contributed by atoms with E-state index in [0.29, 0.717) is 12.4 Å². The predicted octanol–water partition coefficient (Wildman–Crippen LogP) is 1.97. The van der Waals surface area contributed by atoms with E-state index in [9.17, 15) is 4.79 Å². The zero-order chi connectivity index (χ0) is 18.6. The van der Waals surface area contributed by atoms with Crippen molar-refractivity contribution >= 4 is 5.91 Å². The molecular formula is C20H22N6O. The zero-order valence-electron chi connectivity index (χ0n) is 15.2. The highest BCUT2D eigenvalue weighted by Gasteiger charge is 2.37. The maximum atomic E-state index is 12.9. The van der Waals surface area contributed by atoms with Crippen LogP contribution in [0.1, 0.15) is 23.9 Å². The molecule has 0 bridgehead atoms. The van der Waals surface area contributed by atoms with Crippen molar-refractivity contribution in [1.82, 2.24) is 30.4 Å². The third-order valence-corrected chi connectivity index (χ3v) is 5.08. The average Bonchev–Trinajstić information content (AvgIpc) is 3.34. The summed E-state index contributed by atoms with van der Waals surface area (Å²) in [6.07, 6.45) is 0.839. The molecule has 1 aliphatic rings. The molecule has 0 radical (unpaired) electrons. The van der Waals surface area contributed by atoms with Gasteiger partial charge in [-0.3, -0.25) is 9.69 Å². The summed E-state index contributed by atoms with van der Waals surface area (Å²) in [6.45, 7) is 1.20. The Bertz CT molecular complexity index is 895. The van der Waals surface area contributed by atoms with Gasteiger partial charge >= 0.3 is 0 Å². The summed E-state index contributed by atoms with van der Waals surface area (Å²) in [5.74, 6) is 0.562. The lowest BCUT2D eigenvalue weighted by atomic mass is 9.93. The predicted molar refractivity (Wildman–Crippen MR) is 101 cm³/mol. The van der Waals surface area contributed by atoms with Crippen molar-refractivity contribution in [2.45, 2.75) is 19.0 Å². The van der Waals surface area contributed by atoms with E-state index in [1.165, 1.54) is 5.56 Å². The summed E-state index contributed by atoms with van der Waals surface area (Å²) in [4.78, 5) is 15.1. The first-order valence-electron chi connectivity index (χ1n) is 9.09. The number of carbonyl (C=O) groups is 1. The Balaban J connectivity index is 1.47. The maximum Gasteiger partial charge on any atom is 0.225 e. The molecule has 0 spiro atoms. The van der Waals surface area contributed by atoms with Gasteiger partial charge in [0.05, 0.1) is 18.2 Å². The van der Waals surface area contributed by atoms with E-state index in [-0.39, 0.29) is 17.9 Å². The largest absolute Gasteiger partial charge is 0.348 e. The summed E-state index contributed by atoms with van der Waals surface area (Å²) in [5.41, 5.74) is 2.04. The van der Waals surface area contributed by atoms with Crippen molar-refractivity contribution in [1.29, 1.82) is 0 Å². The van der Waals surface area contributed by atoms with Gasteiger partial charge in [-0.1, -0.05) is 48.5 Å². The summed E-state index contributed by atoms with van der Waals surface area (Å²) in [7, 11) is 2.07. The van der Waals surface area contributed by atoms with E-state index in [0.717, 1.165) is 18.7 Å². The maximum absolute atomic E-state index is 12.9. The normalized spacial score (nSPS) is 19.9. The van der Waals surface area contributed by atoms with Crippen LogP contribution in [0.3, 0.4) is 0 Å². The number of nitrogens with zero attached hydrogens (tertiary/aromatic N) is 5. The van der Waals surface area contributed by atoms with Crippen LogP contribution in [0, 0.1) is 5.92 Å². The minimum absolute atomic E-state index is 0.0378. The van der Waals surface area contributed by atoms with E-state index in [4.69, 9.17) is 0 Å². The van der Waals surface area contributed by atoms with Crippen LogP contribution in [0.2, 0.25) is 0 Å². The number of carbonyl (C=O) groups excluding carboxylic acids is 1. The van der Waals surface area contributed by atoms with E-state index in [1.807, 2.05) is 48.5 Å². The van der Waals surface area contributed by atoms with Gasteiger partial charge in [-0.05, 0) is 48.1 Å². The fourth-order valence-corrected chi connectivity index (χ4v) is 3.74. The zero-order valence-corrected chi connectivity index (χ0v) is 15.2. The Labute approximate surface area is 158 Å². The highest BCUT2D eigenvalue weighted by Crippen LogP contribution is 2.36. The molecule has 0 unspecified atom stereocenters. The number of amides is 1. The Morgan fingerprint density at radius 1 is 1.11 bits per heavy atom. The quantitative estimate of drug-likeness (QED) is 0.751. The standard InChI is InChI=1S/C20H22N6O/c1-25-13-12-17(19(25)15-8-4-2-5-9-15)20(27)21-14-18-22-23-24-26(18)16-10-6-3-7-11-16/h2-11,17,19H,12-14H2,1H3,(H,21,27)/t17-,19-/m0/s1. The molecule has 1 saturated heterocycles. The minimum Gasteiger partial charge on any atom is -0.348 e. The fraction of sp³-hybridized carbons (Fsp3) is 0.300. The first-order valence-corrected chi connectivity index (χ1v) is 9.09. The Kier molecular flexibility index (Phi) is 4.93. The highest BCUT2D eigenvalue weighted by atomic mass is 16.2. The van der Waals surface area contributed by atoms with E-state index in [2.05, 4.69) is 44.9 Å². The van der Waals surface area contributed by atoms with Crippen LogP contribution >= 0.6 is 0 Å². The van der Waals surface area contributed by atoms with Crippen molar-refractivity contribution in [2.24, 2.45) is 5.92 Å². The van der Waals surface area contributed by atoms with Crippen molar-refractivity contribution in [3.8, 4) is 5.69 Å². The second-order valence-electron chi connectivity index (χ2n) is 6.79. The molecule has 2 aromatic carbocycles. The molecule has 3 aromatic rings. The van der Waals surface area contributed by atoms with Gasteiger partial charge in [-0.25, -0.2) is 0 Å². The number of tetrazole rings is 1. The molecule has 1 aromatic heterocycles. The average molecular weight is 362 g/mol. The first kappa shape index (κ1) is 17.4. The number of rotatable bonds is 5. The van der Waals surface area contributed by atoms with Gasteiger partial charge in [0.25, 0.3) is 0 Å². The molecule has 27 heavy (non-hydrogen) atoms. The summed E-state index contributed by atoms with van der Waals surface area (Å²) >= 11 is 0.